The van der Waals surface area contributed by atoms with Gasteiger partial charge in [0.2, 0.25) is 0 Å². The Kier molecular flexibility index (Phi) is 5.64. The first kappa shape index (κ1) is 19.5. The number of carbonyl (C=O) groups excluding carboxylic acids is 3. The highest BCUT2D eigenvalue weighted by Gasteiger charge is 2.49. The van der Waals surface area contributed by atoms with E-state index in [0.717, 1.165) is 21.3 Å². The molecule has 27 heavy (non-hydrogen) atoms. The standard InChI is InChI=1S/C21H21IN2O3/c1-3-4-14-5-9-16(10-6-14)21(2)19(26)24(20(27)23-21)13-18(25)15-7-11-17(22)12-8-15/h5-12H,3-4,13H2,1-2H3,(H,23,27). The number of aryl methyl sites for hydroxylation is 1. The third-order valence-corrected chi connectivity index (χ3v) is 5.53. The number of carbonyl (C=O) groups is 3. The molecule has 140 valence electrons. The third-order valence-electron chi connectivity index (χ3n) is 4.81. The molecule has 0 aromatic heterocycles. The van der Waals surface area contributed by atoms with Crippen LogP contribution in [0.25, 0.3) is 0 Å². The molecule has 0 aliphatic carbocycles. The molecule has 0 saturated carbocycles. The van der Waals surface area contributed by atoms with E-state index in [-0.39, 0.29) is 12.3 Å². The fourth-order valence-electron chi connectivity index (χ4n) is 3.20. The molecular formula is C21H21IN2O3. The molecule has 3 rings (SSSR count). The molecule has 2 aromatic carbocycles. The first-order valence-corrected chi connectivity index (χ1v) is 9.95. The van der Waals surface area contributed by atoms with E-state index in [1.54, 1.807) is 19.1 Å². The van der Waals surface area contributed by atoms with E-state index in [1.165, 1.54) is 5.56 Å². The highest BCUT2D eigenvalue weighted by atomic mass is 127. The molecule has 1 heterocycles. The van der Waals surface area contributed by atoms with Crippen molar-refractivity contribution in [1.82, 2.24) is 10.2 Å². The summed E-state index contributed by atoms with van der Waals surface area (Å²) < 4.78 is 1.01. The highest BCUT2D eigenvalue weighted by Crippen LogP contribution is 2.29. The molecule has 1 aliphatic rings. The van der Waals surface area contributed by atoms with E-state index in [9.17, 15) is 14.4 Å². The van der Waals surface area contributed by atoms with Crippen LogP contribution >= 0.6 is 22.6 Å². The zero-order valence-electron chi connectivity index (χ0n) is 15.3. The Hall–Kier alpha value is -2.22. The number of benzene rings is 2. The number of hydrogen-bond acceptors (Lipinski definition) is 3. The molecule has 0 radical (unpaired) electrons. The number of urea groups is 1. The van der Waals surface area contributed by atoms with Crippen LogP contribution in [0, 0.1) is 3.57 Å². The summed E-state index contributed by atoms with van der Waals surface area (Å²) in [5.74, 6) is -0.674. The largest absolute Gasteiger partial charge is 0.325 e. The minimum Gasteiger partial charge on any atom is -0.319 e. The van der Waals surface area contributed by atoms with Crippen molar-refractivity contribution in [3.8, 4) is 0 Å². The van der Waals surface area contributed by atoms with Crippen LogP contribution in [0.1, 0.15) is 41.8 Å². The van der Waals surface area contributed by atoms with Crippen molar-refractivity contribution < 1.29 is 14.4 Å². The lowest BCUT2D eigenvalue weighted by Crippen LogP contribution is -2.41. The smallest absolute Gasteiger partial charge is 0.319 e. The van der Waals surface area contributed by atoms with Crippen molar-refractivity contribution >= 4 is 40.3 Å². The van der Waals surface area contributed by atoms with E-state index in [1.807, 2.05) is 36.4 Å². The molecule has 1 unspecified atom stereocenters. The van der Waals surface area contributed by atoms with Gasteiger partial charge in [-0.3, -0.25) is 14.5 Å². The van der Waals surface area contributed by atoms with Crippen LogP contribution in [0.2, 0.25) is 0 Å². The zero-order chi connectivity index (χ0) is 19.6. The first-order chi connectivity index (χ1) is 12.8. The van der Waals surface area contributed by atoms with Gasteiger partial charge in [0.15, 0.2) is 5.78 Å². The number of nitrogens with zero attached hydrogens (tertiary/aromatic N) is 1. The van der Waals surface area contributed by atoms with Crippen LogP contribution in [-0.4, -0.2) is 29.2 Å². The van der Waals surface area contributed by atoms with Crippen molar-refractivity contribution in [2.75, 3.05) is 6.54 Å². The molecular weight excluding hydrogens is 455 g/mol. The van der Waals surface area contributed by atoms with Crippen LogP contribution in [0.15, 0.2) is 48.5 Å². The van der Waals surface area contributed by atoms with Gasteiger partial charge in [0.1, 0.15) is 5.54 Å². The SMILES string of the molecule is CCCc1ccc(C2(C)NC(=O)N(CC(=O)c3ccc(I)cc3)C2=O)cc1. The molecule has 1 saturated heterocycles. The maximum Gasteiger partial charge on any atom is 0.325 e. The van der Waals surface area contributed by atoms with Gasteiger partial charge in [-0.25, -0.2) is 4.79 Å². The molecule has 6 heteroatoms. The number of Topliss-reactive ketones (excluding diaryl/α,β-unsaturated/α-hetero) is 1. The second-order valence-electron chi connectivity index (χ2n) is 6.82. The summed E-state index contributed by atoms with van der Waals surface area (Å²) in [6.07, 6.45) is 2.01. The van der Waals surface area contributed by atoms with Gasteiger partial charge in [0.25, 0.3) is 5.91 Å². The van der Waals surface area contributed by atoms with Crippen LogP contribution < -0.4 is 5.32 Å². The molecule has 1 fully saturated rings. The second kappa shape index (κ2) is 7.80. The monoisotopic (exact) mass is 476 g/mol. The fraction of sp³-hybridized carbons (Fsp3) is 0.286. The molecule has 3 amide bonds. The molecule has 2 aromatic rings. The van der Waals surface area contributed by atoms with Gasteiger partial charge < -0.3 is 5.32 Å². The van der Waals surface area contributed by atoms with E-state index in [4.69, 9.17) is 0 Å². The van der Waals surface area contributed by atoms with E-state index < -0.39 is 17.5 Å². The van der Waals surface area contributed by atoms with Crippen LogP contribution in [0.5, 0.6) is 0 Å². The fourth-order valence-corrected chi connectivity index (χ4v) is 3.56. The Morgan fingerprint density at radius 3 is 2.30 bits per heavy atom. The summed E-state index contributed by atoms with van der Waals surface area (Å²) in [5, 5.41) is 2.75. The minimum absolute atomic E-state index is 0.266. The van der Waals surface area contributed by atoms with Crippen LogP contribution in [0.3, 0.4) is 0 Å². The van der Waals surface area contributed by atoms with Crippen molar-refractivity contribution in [2.24, 2.45) is 0 Å². The van der Waals surface area contributed by atoms with Crippen molar-refractivity contribution in [1.29, 1.82) is 0 Å². The predicted molar refractivity (Wildman–Crippen MR) is 112 cm³/mol. The normalized spacial score (nSPS) is 19.3. The lowest BCUT2D eigenvalue weighted by molar-refractivity contribution is -0.130. The van der Waals surface area contributed by atoms with Gasteiger partial charge in [-0.2, -0.15) is 0 Å². The van der Waals surface area contributed by atoms with Gasteiger partial charge >= 0.3 is 6.03 Å². The Labute approximate surface area is 172 Å². The molecule has 0 spiro atoms. The average Bonchev–Trinajstić information content (AvgIpc) is 2.87. The molecule has 5 nitrogen and oxygen atoms in total. The molecule has 1 aliphatic heterocycles. The van der Waals surface area contributed by atoms with Gasteiger partial charge in [0.05, 0.1) is 6.54 Å². The second-order valence-corrected chi connectivity index (χ2v) is 8.07. The van der Waals surface area contributed by atoms with E-state index in [0.29, 0.717) is 11.1 Å². The predicted octanol–water partition coefficient (Wildman–Crippen LogP) is 3.89. The van der Waals surface area contributed by atoms with Crippen molar-refractivity contribution in [3.63, 3.8) is 0 Å². The number of ketones is 1. The number of rotatable bonds is 6. The maximum atomic E-state index is 13.0. The lowest BCUT2D eigenvalue weighted by atomic mass is 9.91. The number of hydrogen-bond donors (Lipinski definition) is 1. The quantitative estimate of drug-likeness (QED) is 0.391. The summed E-state index contributed by atoms with van der Waals surface area (Å²) in [5.41, 5.74) is 1.22. The Morgan fingerprint density at radius 1 is 1.07 bits per heavy atom. The van der Waals surface area contributed by atoms with E-state index >= 15 is 0 Å². The summed E-state index contributed by atoms with van der Waals surface area (Å²) in [4.78, 5) is 38.9. The topological polar surface area (TPSA) is 66.5 Å². The Bertz CT molecular complexity index is 877. The minimum atomic E-state index is -1.16. The van der Waals surface area contributed by atoms with Gasteiger partial charge in [0, 0.05) is 9.13 Å². The number of nitrogens with one attached hydrogen (secondary N) is 1. The van der Waals surface area contributed by atoms with E-state index in [2.05, 4.69) is 34.8 Å². The molecule has 1 atom stereocenters. The number of halogens is 1. The van der Waals surface area contributed by atoms with Gasteiger partial charge in [-0.15, -0.1) is 0 Å². The third kappa shape index (κ3) is 3.90. The van der Waals surface area contributed by atoms with Crippen molar-refractivity contribution in [2.45, 2.75) is 32.2 Å². The summed E-state index contributed by atoms with van der Waals surface area (Å²) in [6.45, 7) is 3.52. The average molecular weight is 476 g/mol. The molecule has 0 bridgehead atoms. The first-order valence-electron chi connectivity index (χ1n) is 8.87. The summed E-state index contributed by atoms with van der Waals surface area (Å²) in [6, 6.07) is 14.2. The Balaban J connectivity index is 1.79. The van der Waals surface area contributed by atoms with Gasteiger partial charge in [-0.1, -0.05) is 49.7 Å². The molecule has 1 N–H and O–H groups in total. The van der Waals surface area contributed by atoms with Crippen molar-refractivity contribution in [3.05, 3.63) is 68.8 Å². The summed E-state index contributed by atoms with van der Waals surface area (Å²) in [7, 11) is 0. The number of imide groups is 1. The lowest BCUT2D eigenvalue weighted by Gasteiger charge is -2.22. The van der Waals surface area contributed by atoms with Crippen LogP contribution in [0.4, 0.5) is 4.79 Å². The van der Waals surface area contributed by atoms with Crippen LogP contribution in [-0.2, 0) is 16.8 Å². The zero-order valence-corrected chi connectivity index (χ0v) is 17.4. The Morgan fingerprint density at radius 2 is 1.70 bits per heavy atom. The maximum absolute atomic E-state index is 13.0. The van der Waals surface area contributed by atoms with Gasteiger partial charge in [-0.05, 0) is 59.2 Å². The highest BCUT2D eigenvalue weighted by molar-refractivity contribution is 14.1. The number of amides is 3. The summed E-state index contributed by atoms with van der Waals surface area (Å²) >= 11 is 2.15.